The van der Waals surface area contributed by atoms with Crippen molar-refractivity contribution in [1.29, 1.82) is 0 Å². The first-order valence-electron chi connectivity index (χ1n) is 6.71. The molecule has 0 aliphatic heterocycles. The van der Waals surface area contributed by atoms with Crippen molar-refractivity contribution in [2.24, 2.45) is 0 Å². The highest BCUT2D eigenvalue weighted by Gasteiger charge is 2.14. The van der Waals surface area contributed by atoms with Crippen molar-refractivity contribution in [2.75, 3.05) is 0 Å². The molecule has 0 saturated carbocycles. The molecule has 0 aromatic heterocycles. The van der Waals surface area contributed by atoms with Crippen molar-refractivity contribution in [3.8, 4) is 0 Å². The summed E-state index contributed by atoms with van der Waals surface area (Å²) in [6, 6.07) is 15.4. The second kappa shape index (κ2) is 7.04. The van der Waals surface area contributed by atoms with Gasteiger partial charge in [0.15, 0.2) is 5.78 Å². The third-order valence-corrected chi connectivity index (χ3v) is 3.32. The molecule has 1 unspecified atom stereocenters. The number of carbonyl (C=O) groups is 2. The second-order valence-corrected chi connectivity index (χ2v) is 5.31. The number of benzene rings is 2. The first-order chi connectivity index (χ1) is 10.1. The van der Waals surface area contributed by atoms with Crippen LogP contribution in [-0.2, 0) is 0 Å². The maximum Gasteiger partial charge on any atom is 0.251 e. The zero-order valence-electron chi connectivity index (χ0n) is 11.7. The summed E-state index contributed by atoms with van der Waals surface area (Å²) in [7, 11) is 0. The Morgan fingerprint density at radius 2 is 1.62 bits per heavy atom. The van der Waals surface area contributed by atoms with Gasteiger partial charge in [0.25, 0.3) is 5.91 Å². The number of nitrogens with one attached hydrogen (secondary N) is 1. The van der Waals surface area contributed by atoms with Crippen molar-refractivity contribution in [2.45, 2.75) is 19.4 Å². The number of rotatable bonds is 5. The van der Waals surface area contributed by atoms with E-state index in [2.05, 4.69) is 5.32 Å². The molecule has 0 aliphatic rings. The molecular weight excluding hydrogens is 286 g/mol. The largest absolute Gasteiger partial charge is 0.349 e. The minimum atomic E-state index is -0.235. The van der Waals surface area contributed by atoms with E-state index in [1.54, 1.807) is 48.5 Å². The molecule has 21 heavy (non-hydrogen) atoms. The molecule has 0 aliphatic carbocycles. The van der Waals surface area contributed by atoms with E-state index in [0.29, 0.717) is 16.1 Å². The molecule has 0 spiro atoms. The minimum absolute atomic E-state index is 0.0208. The lowest BCUT2D eigenvalue weighted by molar-refractivity contribution is 0.0918. The maximum atomic E-state index is 12.1. The number of carbonyl (C=O) groups excluding carboxylic acids is 2. The summed E-state index contributed by atoms with van der Waals surface area (Å²) in [5.74, 6) is -0.195. The normalized spacial score (nSPS) is 11.7. The van der Waals surface area contributed by atoms with Crippen molar-refractivity contribution in [3.05, 3.63) is 70.7 Å². The molecule has 0 fully saturated rings. The molecule has 1 N–H and O–H groups in total. The molecule has 4 heteroatoms. The molecule has 2 aromatic rings. The van der Waals surface area contributed by atoms with E-state index >= 15 is 0 Å². The van der Waals surface area contributed by atoms with E-state index in [0.717, 1.165) is 0 Å². The third kappa shape index (κ3) is 4.43. The van der Waals surface area contributed by atoms with Gasteiger partial charge in [0.1, 0.15) is 0 Å². The fourth-order valence-electron chi connectivity index (χ4n) is 1.98. The van der Waals surface area contributed by atoms with Crippen LogP contribution in [0.25, 0.3) is 0 Å². The Labute approximate surface area is 128 Å². The SMILES string of the molecule is CC(CC(=O)c1ccc(Cl)cc1)NC(=O)c1ccccc1. The van der Waals surface area contributed by atoms with E-state index in [1.807, 2.05) is 13.0 Å². The number of hydrogen-bond acceptors (Lipinski definition) is 2. The van der Waals surface area contributed by atoms with E-state index in [1.165, 1.54) is 0 Å². The van der Waals surface area contributed by atoms with Gasteiger partial charge in [-0.25, -0.2) is 0 Å². The standard InChI is InChI=1S/C17H16ClNO2/c1-12(19-17(21)14-5-3-2-4-6-14)11-16(20)13-7-9-15(18)10-8-13/h2-10,12H,11H2,1H3,(H,19,21). The summed E-state index contributed by atoms with van der Waals surface area (Å²) in [5, 5.41) is 3.42. The molecule has 0 bridgehead atoms. The van der Waals surface area contributed by atoms with Crippen LogP contribution < -0.4 is 5.32 Å². The van der Waals surface area contributed by atoms with Crippen LogP contribution in [0.3, 0.4) is 0 Å². The zero-order valence-corrected chi connectivity index (χ0v) is 12.4. The highest BCUT2D eigenvalue weighted by atomic mass is 35.5. The smallest absolute Gasteiger partial charge is 0.251 e. The van der Waals surface area contributed by atoms with Gasteiger partial charge in [-0.2, -0.15) is 0 Å². The lowest BCUT2D eigenvalue weighted by Crippen LogP contribution is -2.34. The third-order valence-electron chi connectivity index (χ3n) is 3.07. The first kappa shape index (κ1) is 15.3. The van der Waals surface area contributed by atoms with Crippen LogP contribution in [0.5, 0.6) is 0 Å². The van der Waals surface area contributed by atoms with Crippen molar-refractivity contribution in [1.82, 2.24) is 5.32 Å². The molecule has 0 heterocycles. The predicted molar refractivity (Wildman–Crippen MR) is 83.8 cm³/mol. The highest BCUT2D eigenvalue weighted by Crippen LogP contribution is 2.12. The lowest BCUT2D eigenvalue weighted by Gasteiger charge is -2.13. The number of halogens is 1. The van der Waals surface area contributed by atoms with E-state index in [4.69, 9.17) is 11.6 Å². The van der Waals surface area contributed by atoms with Crippen molar-refractivity contribution in [3.63, 3.8) is 0 Å². The molecule has 2 rings (SSSR count). The van der Waals surface area contributed by atoms with Gasteiger partial charge in [-0.1, -0.05) is 29.8 Å². The van der Waals surface area contributed by atoms with Crippen molar-refractivity contribution >= 4 is 23.3 Å². The van der Waals surface area contributed by atoms with Crippen LogP contribution in [0.4, 0.5) is 0 Å². The fraction of sp³-hybridized carbons (Fsp3) is 0.176. The number of ketones is 1. The summed E-state index contributed by atoms with van der Waals surface area (Å²) in [4.78, 5) is 24.1. The van der Waals surface area contributed by atoms with Crippen LogP contribution >= 0.6 is 11.6 Å². The fourth-order valence-corrected chi connectivity index (χ4v) is 2.11. The molecule has 3 nitrogen and oxygen atoms in total. The molecule has 1 atom stereocenters. The van der Waals surface area contributed by atoms with Crippen LogP contribution in [0.2, 0.25) is 5.02 Å². The van der Waals surface area contributed by atoms with E-state index < -0.39 is 0 Å². The van der Waals surface area contributed by atoms with Gasteiger partial charge >= 0.3 is 0 Å². The molecule has 0 saturated heterocycles. The number of amides is 1. The summed E-state index contributed by atoms with van der Waals surface area (Å²) >= 11 is 5.79. The molecular formula is C17H16ClNO2. The molecule has 108 valence electrons. The summed E-state index contributed by atoms with van der Waals surface area (Å²) in [6.45, 7) is 1.81. The molecule has 2 aromatic carbocycles. The lowest BCUT2D eigenvalue weighted by atomic mass is 10.0. The predicted octanol–water partition coefficient (Wildman–Crippen LogP) is 3.73. The van der Waals surface area contributed by atoms with Gasteiger partial charge in [0.2, 0.25) is 0 Å². The van der Waals surface area contributed by atoms with Crippen LogP contribution in [0.1, 0.15) is 34.1 Å². The van der Waals surface area contributed by atoms with E-state index in [-0.39, 0.29) is 24.2 Å². The quantitative estimate of drug-likeness (QED) is 0.855. The van der Waals surface area contributed by atoms with Gasteiger partial charge in [-0.15, -0.1) is 0 Å². The Morgan fingerprint density at radius 3 is 2.24 bits per heavy atom. The Kier molecular flexibility index (Phi) is 5.12. The molecule has 0 radical (unpaired) electrons. The van der Waals surface area contributed by atoms with Gasteiger partial charge in [-0.3, -0.25) is 9.59 Å². The highest BCUT2D eigenvalue weighted by molar-refractivity contribution is 6.30. The van der Waals surface area contributed by atoms with E-state index in [9.17, 15) is 9.59 Å². The average molecular weight is 302 g/mol. The summed E-state index contributed by atoms with van der Waals surface area (Å²) in [5.41, 5.74) is 1.18. The second-order valence-electron chi connectivity index (χ2n) is 4.87. The van der Waals surface area contributed by atoms with Crippen LogP contribution in [0, 0.1) is 0 Å². The summed E-state index contributed by atoms with van der Waals surface area (Å²) < 4.78 is 0. The molecule has 1 amide bonds. The Hall–Kier alpha value is -2.13. The van der Waals surface area contributed by atoms with Gasteiger partial charge < -0.3 is 5.32 Å². The van der Waals surface area contributed by atoms with Gasteiger partial charge in [-0.05, 0) is 43.3 Å². The first-order valence-corrected chi connectivity index (χ1v) is 7.09. The Balaban J connectivity index is 1.92. The zero-order chi connectivity index (χ0) is 15.2. The summed E-state index contributed by atoms with van der Waals surface area (Å²) in [6.07, 6.45) is 0.250. The number of Topliss-reactive ketones (excluding diaryl/α,β-unsaturated/α-hetero) is 1. The van der Waals surface area contributed by atoms with Crippen LogP contribution in [-0.4, -0.2) is 17.7 Å². The Morgan fingerprint density at radius 1 is 1.00 bits per heavy atom. The minimum Gasteiger partial charge on any atom is -0.349 e. The topological polar surface area (TPSA) is 46.2 Å². The van der Waals surface area contributed by atoms with Gasteiger partial charge in [0, 0.05) is 28.6 Å². The van der Waals surface area contributed by atoms with Crippen LogP contribution in [0.15, 0.2) is 54.6 Å². The monoisotopic (exact) mass is 301 g/mol. The van der Waals surface area contributed by atoms with Crippen molar-refractivity contribution < 1.29 is 9.59 Å². The van der Waals surface area contributed by atoms with Gasteiger partial charge in [0.05, 0.1) is 0 Å². The Bertz CT molecular complexity index is 623. The number of hydrogen-bond donors (Lipinski definition) is 1. The average Bonchev–Trinajstić information content (AvgIpc) is 2.48. The maximum absolute atomic E-state index is 12.1.